The molecule has 0 radical (unpaired) electrons. The minimum atomic E-state index is -4.36. The van der Waals surface area contributed by atoms with Crippen molar-refractivity contribution in [2.45, 2.75) is 11.5 Å². The first-order chi connectivity index (χ1) is 11.5. The lowest BCUT2D eigenvalue weighted by atomic mass is 9.92. The molecule has 0 aromatic heterocycles. The van der Waals surface area contributed by atoms with Crippen molar-refractivity contribution in [1.29, 1.82) is 0 Å². The van der Waals surface area contributed by atoms with Gasteiger partial charge in [-0.3, -0.25) is 0 Å². The highest BCUT2D eigenvalue weighted by atomic mass is 79.9. The summed E-state index contributed by atoms with van der Waals surface area (Å²) in [6.45, 7) is 0. The number of hydrogen-bond acceptors (Lipinski definition) is 0. The second-order valence-corrected chi connectivity index (χ2v) is 6.02. The summed E-state index contributed by atoms with van der Waals surface area (Å²) in [6.07, 6.45) is -4.36. The Hall–Kier alpha value is -2.07. The van der Waals surface area contributed by atoms with Gasteiger partial charge < -0.3 is 0 Å². The number of halogens is 4. The quantitative estimate of drug-likeness (QED) is 0.425. The Kier molecular flexibility index (Phi) is 4.76. The van der Waals surface area contributed by atoms with Gasteiger partial charge in [0.25, 0.3) is 0 Å². The van der Waals surface area contributed by atoms with E-state index in [-0.39, 0.29) is 0 Å². The molecule has 0 saturated heterocycles. The summed E-state index contributed by atoms with van der Waals surface area (Å²) in [6, 6.07) is 20.9. The van der Waals surface area contributed by atoms with E-state index in [2.05, 4.69) is 15.9 Å². The zero-order valence-electron chi connectivity index (χ0n) is 12.6. The average molecular weight is 391 g/mol. The standard InChI is InChI=1S/C20H14BrF3/c21-13-14-6-8-16(9-7-14)18-11-10-17(20(22,23)24)12-19(18)15-4-2-1-3-5-15/h1-12H,13H2. The molecular formula is C20H14BrF3. The first-order valence-electron chi connectivity index (χ1n) is 7.41. The summed E-state index contributed by atoms with van der Waals surface area (Å²) in [5.74, 6) is 0. The van der Waals surface area contributed by atoms with E-state index in [1.807, 2.05) is 54.6 Å². The van der Waals surface area contributed by atoms with Crippen molar-refractivity contribution in [2.75, 3.05) is 0 Å². The minimum absolute atomic E-state index is 0.581. The first kappa shape index (κ1) is 16.8. The molecule has 0 spiro atoms. The van der Waals surface area contributed by atoms with Crippen LogP contribution >= 0.6 is 15.9 Å². The third-order valence-corrected chi connectivity index (χ3v) is 4.50. The van der Waals surface area contributed by atoms with E-state index >= 15 is 0 Å². The lowest BCUT2D eigenvalue weighted by Gasteiger charge is -2.14. The average Bonchev–Trinajstić information content (AvgIpc) is 2.61. The van der Waals surface area contributed by atoms with Crippen LogP contribution in [0.25, 0.3) is 22.3 Å². The van der Waals surface area contributed by atoms with Crippen molar-refractivity contribution in [3.63, 3.8) is 0 Å². The van der Waals surface area contributed by atoms with Crippen molar-refractivity contribution < 1.29 is 13.2 Å². The van der Waals surface area contributed by atoms with Crippen LogP contribution in [-0.4, -0.2) is 0 Å². The van der Waals surface area contributed by atoms with Gasteiger partial charge in [0.2, 0.25) is 0 Å². The van der Waals surface area contributed by atoms with Crippen LogP contribution in [0.2, 0.25) is 0 Å². The third-order valence-electron chi connectivity index (χ3n) is 3.85. The largest absolute Gasteiger partial charge is 0.416 e. The molecule has 0 unspecified atom stereocenters. The number of rotatable bonds is 3. The SMILES string of the molecule is FC(F)(F)c1ccc(-c2ccc(CBr)cc2)c(-c2ccccc2)c1. The van der Waals surface area contributed by atoms with Gasteiger partial charge in [0.05, 0.1) is 5.56 Å². The fourth-order valence-electron chi connectivity index (χ4n) is 2.60. The molecule has 3 aromatic rings. The summed E-state index contributed by atoms with van der Waals surface area (Å²) in [4.78, 5) is 0. The van der Waals surface area contributed by atoms with E-state index in [9.17, 15) is 13.2 Å². The molecule has 4 heteroatoms. The molecule has 0 aliphatic rings. The lowest BCUT2D eigenvalue weighted by Crippen LogP contribution is -2.05. The molecule has 0 aliphatic heterocycles. The number of hydrogen-bond donors (Lipinski definition) is 0. The molecular weight excluding hydrogens is 377 g/mol. The summed E-state index contributed by atoms with van der Waals surface area (Å²) in [5.41, 5.74) is 3.51. The molecule has 122 valence electrons. The molecule has 0 aliphatic carbocycles. The predicted octanol–water partition coefficient (Wildman–Crippen LogP) is 6.93. The van der Waals surface area contributed by atoms with Crippen molar-refractivity contribution >= 4 is 15.9 Å². The van der Waals surface area contributed by atoms with Crippen LogP contribution in [-0.2, 0) is 11.5 Å². The maximum absolute atomic E-state index is 13.1. The lowest BCUT2D eigenvalue weighted by molar-refractivity contribution is -0.137. The van der Waals surface area contributed by atoms with Gasteiger partial charge in [0, 0.05) is 5.33 Å². The second-order valence-electron chi connectivity index (χ2n) is 5.45. The van der Waals surface area contributed by atoms with Crippen LogP contribution in [0.15, 0.2) is 72.8 Å². The Morgan fingerprint density at radius 2 is 1.33 bits per heavy atom. The molecule has 0 atom stereocenters. The fourth-order valence-corrected chi connectivity index (χ4v) is 2.98. The molecule has 3 aromatic carbocycles. The van der Waals surface area contributed by atoms with E-state index in [0.717, 1.165) is 33.7 Å². The minimum Gasteiger partial charge on any atom is -0.166 e. The van der Waals surface area contributed by atoms with Crippen LogP contribution in [0, 0.1) is 0 Å². The number of benzene rings is 3. The maximum Gasteiger partial charge on any atom is 0.416 e. The van der Waals surface area contributed by atoms with Crippen molar-refractivity contribution in [3.05, 3.63) is 83.9 Å². The highest BCUT2D eigenvalue weighted by molar-refractivity contribution is 9.08. The van der Waals surface area contributed by atoms with Gasteiger partial charge >= 0.3 is 6.18 Å². The van der Waals surface area contributed by atoms with E-state index in [0.29, 0.717) is 5.56 Å². The molecule has 0 heterocycles. The molecule has 0 N–H and O–H groups in total. The van der Waals surface area contributed by atoms with Crippen LogP contribution in [0.1, 0.15) is 11.1 Å². The summed E-state index contributed by atoms with van der Waals surface area (Å²) < 4.78 is 39.3. The topological polar surface area (TPSA) is 0 Å². The zero-order valence-corrected chi connectivity index (χ0v) is 14.2. The Bertz CT molecular complexity index is 822. The summed E-state index contributed by atoms with van der Waals surface area (Å²) >= 11 is 3.40. The van der Waals surface area contributed by atoms with Crippen LogP contribution in [0.3, 0.4) is 0 Å². The monoisotopic (exact) mass is 390 g/mol. The Balaban J connectivity index is 2.17. The molecule has 0 fully saturated rings. The van der Waals surface area contributed by atoms with Gasteiger partial charge in [-0.25, -0.2) is 0 Å². The first-order valence-corrected chi connectivity index (χ1v) is 8.53. The van der Waals surface area contributed by atoms with Gasteiger partial charge in [-0.05, 0) is 39.9 Å². The fraction of sp³-hybridized carbons (Fsp3) is 0.100. The molecule has 0 saturated carbocycles. The predicted molar refractivity (Wildman–Crippen MR) is 94.9 cm³/mol. The van der Waals surface area contributed by atoms with E-state index in [4.69, 9.17) is 0 Å². The Labute approximate surface area is 147 Å². The summed E-state index contributed by atoms with van der Waals surface area (Å²) in [7, 11) is 0. The third kappa shape index (κ3) is 3.54. The molecule has 24 heavy (non-hydrogen) atoms. The van der Waals surface area contributed by atoms with E-state index in [1.165, 1.54) is 6.07 Å². The molecule has 0 nitrogen and oxygen atoms in total. The molecule has 0 amide bonds. The van der Waals surface area contributed by atoms with Gasteiger partial charge in [-0.1, -0.05) is 76.6 Å². The molecule has 0 bridgehead atoms. The van der Waals surface area contributed by atoms with Crippen LogP contribution < -0.4 is 0 Å². The number of alkyl halides is 4. The Morgan fingerprint density at radius 1 is 0.708 bits per heavy atom. The Morgan fingerprint density at radius 3 is 1.92 bits per heavy atom. The van der Waals surface area contributed by atoms with Gasteiger partial charge in [0.1, 0.15) is 0 Å². The maximum atomic E-state index is 13.1. The van der Waals surface area contributed by atoms with Crippen molar-refractivity contribution in [3.8, 4) is 22.3 Å². The highest BCUT2D eigenvalue weighted by Gasteiger charge is 2.31. The second kappa shape index (κ2) is 6.81. The van der Waals surface area contributed by atoms with Crippen molar-refractivity contribution in [2.24, 2.45) is 0 Å². The van der Waals surface area contributed by atoms with Crippen LogP contribution in [0.5, 0.6) is 0 Å². The van der Waals surface area contributed by atoms with E-state index < -0.39 is 11.7 Å². The molecule has 3 rings (SSSR count). The van der Waals surface area contributed by atoms with E-state index in [1.54, 1.807) is 6.07 Å². The normalized spacial score (nSPS) is 11.5. The zero-order chi connectivity index (χ0) is 17.2. The highest BCUT2D eigenvalue weighted by Crippen LogP contribution is 2.38. The van der Waals surface area contributed by atoms with Gasteiger partial charge in [-0.15, -0.1) is 0 Å². The van der Waals surface area contributed by atoms with Gasteiger partial charge in [-0.2, -0.15) is 13.2 Å². The van der Waals surface area contributed by atoms with Crippen LogP contribution in [0.4, 0.5) is 13.2 Å². The van der Waals surface area contributed by atoms with Gasteiger partial charge in [0.15, 0.2) is 0 Å². The summed E-state index contributed by atoms with van der Waals surface area (Å²) in [5, 5.41) is 0.742. The smallest absolute Gasteiger partial charge is 0.166 e. The van der Waals surface area contributed by atoms with Crippen molar-refractivity contribution in [1.82, 2.24) is 0 Å².